The topological polar surface area (TPSA) is 59.5 Å². The first kappa shape index (κ1) is 15.2. The third kappa shape index (κ3) is 4.40. The lowest BCUT2D eigenvalue weighted by atomic mass is 10.1. The third-order valence-corrected chi connectivity index (χ3v) is 3.56. The number of hydrogen-bond acceptors (Lipinski definition) is 6. The molecule has 2 rings (SSSR count). The van der Waals surface area contributed by atoms with Crippen molar-refractivity contribution in [2.75, 3.05) is 45.4 Å². The molecule has 20 heavy (non-hydrogen) atoms. The monoisotopic (exact) mass is 280 g/mol. The molecule has 112 valence electrons. The van der Waals surface area contributed by atoms with Gasteiger partial charge < -0.3 is 19.7 Å². The summed E-state index contributed by atoms with van der Waals surface area (Å²) in [6.45, 7) is 4.25. The normalized spacial score (nSPS) is 16.6. The van der Waals surface area contributed by atoms with Gasteiger partial charge in [0, 0.05) is 58.4 Å². The summed E-state index contributed by atoms with van der Waals surface area (Å²) in [6.07, 6.45) is 6.26. The van der Waals surface area contributed by atoms with Crippen LogP contribution < -0.4 is 10.2 Å². The minimum atomic E-state index is 0.385. The number of nitrogens with zero attached hydrogens (tertiary/aromatic N) is 3. The van der Waals surface area contributed by atoms with Gasteiger partial charge in [-0.3, -0.25) is 0 Å². The third-order valence-electron chi connectivity index (χ3n) is 3.56. The predicted molar refractivity (Wildman–Crippen MR) is 77.9 cm³/mol. The molecule has 0 atom stereocenters. The van der Waals surface area contributed by atoms with Crippen LogP contribution in [0.15, 0.2) is 12.4 Å². The number of methoxy groups -OCH3 is 2. The van der Waals surface area contributed by atoms with E-state index in [9.17, 15) is 0 Å². The van der Waals surface area contributed by atoms with E-state index in [0.717, 1.165) is 50.5 Å². The standard InChI is InChI=1S/C14H24N4O2/c1-19-8-5-15-9-12-10-16-14(17-11-12)18-6-3-13(20-2)4-7-18/h10-11,13,15H,3-9H2,1-2H3. The van der Waals surface area contributed by atoms with Gasteiger partial charge in [0.05, 0.1) is 12.7 Å². The van der Waals surface area contributed by atoms with Crippen LogP contribution in [0.4, 0.5) is 5.95 Å². The van der Waals surface area contributed by atoms with Crippen molar-refractivity contribution in [1.29, 1.82) is 0 Å². The highest BCUT2D eigenvalue weighted by atomic mass is 16.5. The van der Waals surface area contributed by atoms with E-state index in [1.807, 2.05) is 12.4 Å². The molecule has 0 amide bonds. The number of aromatic nitrogens is 2. The Morgan fingerprint density at radius 2 is 1.95 bits per heavy atom. The van der Waals surface area contributed by atoms with Gasteiger partial charge in [-0.25, -0.2) is 9.97 Å². The Morgan fingerprint density at radius 1 is 1.25 bits per heavy atom. The number of piperidine rings is 1. The summed E-state index contributed by atoms with van der Waals surface area (Å²) in [7, 11) is 3.48. The second kappa shape index (κ2) is 8.14. The van der Waals surface area contributed by atoms with Crippen LogP contribution in [0.2, 0.25) is 0 Å². The van der Waals surface area contributed by atoms with Gasteiger partial charge in [-0.2, -0.15) is 0 Å². The summed E-state index contributed by atoms with van der Waals surface area (Å²) < 4.78 is 10.4. The molecular weight excluding hydrogens is 256 g/mol. The Kier molecular flexibility index (Phi) is 6.17. The van der Waals surface area contributed by atoms with Gasteiger partial charge in [0.1, 0.15) is 0 Å². The van der Waals surface area contributed by atoms with Crippen molar-refractivity contribution in [2.45, 2.75) is 25.5 Å². The minimum Gasteiger partial charge on any atom is -0.383 e. The van der Waals surface area contributed by atoms with Crippen molar-refractivity contribution in [3.05, 3.63) is 18.0 Å². The fourth-order valence-electron chi connectivity index (χ4n) is 2.30. The van der Waals surface area contributed by atoms with Crippen molar-refractivity contribution < 1.29 is 9.47 Å². The molecule has 0 radical (unpaired) electrons. The maximum absolute atomic E-state index is 5.37. The summed E-state index contributed by atoms with van der Waals surface area (Å²) in [5.74, 6) is 0.820. The number of nitrogens with one attached hydrogen (secondary N) is 1. The molecule has 1 aromatic heterocycles. The summed E-state index contributed by atoms with van der Waals surface area (Å²) in [6, 6.07) is 0. The highest BCUT2D eigenvalue weighted by Gasteiger charge is 2.20. The van der Waals surface area contributed by atoms with Crippen LogP contribution in [0, 0.1) is 0 Å². The van der Waals surface area contributed by atoms with E-state index in [4.69, 9.17) is 9.47 Å². The fraction of sp³-hybridized carbons (Fsp3) is 0.714. The van der Waals surface area contributed by atoms with Crippen LogP contribution in [0.3, 0.4) is 0 Å². The lowest BCUT2D eigenvalue weighted by Crippen LogP contribution is -2.37. The van der Waals surface area contributed by atoms with Crippen LogP contribution in [0.5, 0.6) is 0 Å². The van der Waals surface area contributed by atoms with Gasteiger partial charge in [0.15, 0.2) is 0 Å². The largest absolute Gasteiger partial charge is 0.383 e. The molecular formula is C14H24N4O2. The van der Waals surface area contributed by atoms with E-state index in [0.29, 0.717) is 12.7 Å². The number of ether oxygens (including phenoxy) is 2. The molecule has 1 aliphatic rings. The predicted octanol–water partition coefficient (Wildman–Crippen LogP) is 0.828. The van der Waals surface area contributed by atoms with Crippen LogP contribution in [-0.4, -0.2) is 56.5 Å². The lowest BCUT2D eigenvalue weighted by Gasteiger charge is -2.31. The number of rotatable bonds is 7. The lowest BCUT2D eigenvalue weighted by molar-refractivity contribution is 0.0816. The van der Waals surface area contributed by atoms with Gasteiger partial charge in [0.2, 0.25) is 5.95 Å². The Balaban J connectivity index is 1.79. The summed E-state index contributed by atoms with van der Waals surface area (Å²) in [4.78, 5) is 11.1. The van der Waals surface area contributed by atoms with Crippen molar-refractivity contribution >= 4 is 5.95 Å². The smallest absolute Gasteiger partial charge is 0.225 e. The molecule has 0 bridgehead atoms. The Labute approximate surface area is 120 Å². The van der Waals surface area contributed by atoms with Crippen molar-refractivity contribution in [3.8, 4) is 0 Å². The van der Waals surface area contributed by atoms with Crippen molar-refractivity contribution in [2.24, 2.45) is 0 Å². The first-order valence-corrected chi connectivity index (χ1v) is 7.12. The minimum absolute atomic E-state index is 0.385. The summed E-state index contributed by atoms with van der Waals surface area (Å²) >= 11 is 0. The number of hydrogen-bond donors (Lipinski definition) is 1. The molecule has 0 aromatic carbocycles. The van der Waals surface area contributed by atoms with Crippen LogP contribution in [0.1, 0.15) is 18.4 Å². The summed E-state index contributed by atoms with van der Waals surface area (Å²) in [5.41, 5.74) is 1.09. The molecule has 1 N–H and O–H groups in total. The van der Waals surface area contributed by atoms with E-state index in [1.165, 1.54) is 0 Å². The highest BCUT2D eigenvalue weighted by molar-refractivity contribution is 5.30. The number of anilines is 1. The van der Waals surface area contributed by atoms with Gasteiger partial charge in [0.25, 0.3) is 0 Å². The van der Waals surface area contributed by atoms with E-state index in [2.05, 4.69) is 20.2 Å². The fourth-order valence-corrected chi connectivity index (χ4v) is 2.30. The molecule has 1 aliphatic heterocycles. The molecule has 2 heterocycles. The first-order valence-electron chi connectivity index (χ1n) is 7.12. The van der Waals surface area contributed by atoms with Gasteiger partial charge >= 0.3 is 0 Å². The first-order chi connectivity index (χ1) is 9.83. The average Bonchev–Trinajstić information content (AvgIpc) is 2.52. The van der Waals surface area contributed by atoms with Crippen LogP contribution in [0.25, 0.3) is 0 Å². The van der Waals surface area contributed by atoms with Crippen molar-refractivity contribution in [3.63, 3.8) is 0 Å². The molecule has 1 fully saturated rings. The SMILES string of the molecule is COCCNCc1cnc(N2CCC(OC)CC2)nc1. The second-order valence-electron chi connectivity index (χ2n) is 4.98. The molecule has 1 saturated heterocycles. The maximum atomic E-state index is 5.37. The summed E-state index contributed by atoms with van der Waals surface area (Å²) in [5, 5.41) is 3.28. The molecule has 0 saturated carbocycles. The zero-order valence-electron chi connectivity index (χ0n) is 12.3. The van der Waals surface area contributed by atoms with Crippen LogP contribution >= 0.6 is 0 Å². The molecule has 0 spiro atoms. The Hall–Kier alpha value is -1.24. The molecule has 1 aromatic rings. The van der Waals surface area contributed by atoms with Gasteiger partial charge in [-0.05, 0) is 12.8 Å². The van der Waals surface area contributed by atoms with Gasteiger partial charge in [-0.1, -0.05) is 0 Å². The molecule has 0 unspecified atom stereocenters. The van der Waals surface area contributed by atoms with E-state index in [-0.39, 0.29) is 0 Å². The van der Waals surface area contributed by atoms with Gasteiger partial charge in [-0.15, -0.1) is 0 Å². The molecule has 6 heteroatoms. The molecule has 6 nitrogen and oxygen atoms in total. The Bertz CT molecular complexity index is 377. The van der Waals surface area contributed by atoms with E-state index >= 15 is 0 Å². The van der Waals surface area contributed by atoms with E-state index in [1.54, 1.807) is 14.2 Å². The highest BCUT2D eigenvalue weighted by Crippen LogP contribution is 2.17. The van der Waals surface area contributed by atoms with Crippen LogP contribution in [-0.2, 0) is 16.0 Å². The second-order valence-corrected chi connectivity index (χ2v) is 4.98. The van der Waals surface area contributed by atoms with E-state index < -0.39 is 0 Å². The Morgan fingerprint density at radius 3 is 2.55 bits per heavy atom. The zero-order chi connectivity index (χ0) is 14.2. The quantitative estimate of drug-likeness (QED) is 0.747. The average molecular weight is 280 g/mol. The molecule has 0 aliphatic carbocycles. The van der Waals surface area contributed by atoms with Crippen molar-refractivity contribution in [1.82, 2.24) is 15.3 Å². The zero-order valence-corrected chi connectivity index (χ0v) is 12.3. The maximum Gasteiger partial charge on any atom is 0.225 e.